The number of methoxy groups -OCH3 is 2. The molecule has 0 atom stereocenters. The summed E-state index contributed by atoms with van der Waals surface area (Å²) in [5.74, 6) is 1.71. The van der Waals surface area contributed by atoms with Gasteiger partial charge in [-0.2, -0.15) is 5.10 Å². The van der Waals surface area contributed by atoms with Crippen LogP contribution in [0.4, 0.5) is 16.3 Å². The number of benzene rings is 1. The number of amides is 2. The van der Waals surface area contributed by atoms with Gasteiger partial charge < -0.3 is 14.8 Å². The average molecular weight is 341 g/mol. The largest absolute Gasteiger partial charge is 0.493 e. The van der Waals surface area contributed by atoms with E-state index in [4.69, 9.17) is 9.47 Å². The summed E-state index contributed by atoms with van der Waals surface area (Å²) in [6, 6.07) is 6.25. The van der Waals surface area contributed by atoms with E-state index < -0.39 is 6.03 Å². The Morgan fingerprint density at radius 2 is 2.00 bits per heavy atom. The summed E-state index contributed by atoms with van der Waals surface area (Å²) in [6.07, 6.45) is 4.20. The summed E-state index contributed by atoms with van der Waals surface area (Å²) >= 11 is 0. The van der Waals surface area contributed by atoms with Gasteiger partial charge in [0.1, 0.15) is 24.8 Å². The Bertz CT molecular complexity index is 867. The molecule has 0 saturated carbocycles. The third kappa shape index (κ3) is 3.63. The number of aromatic nitrogens is 5. The normalized spacial score (nSPS) is 10.2. The molecule has 0 aliphatic carbocycles. The number of anilines is 2. The zero-order valence-electron chi connectivity index (χ0n) is 13.5. The van der Waals surface area contributed by atoms with Crippen LogP contribution in [-0.4, -0.2) is 45.0 Å². The molecule has 1 aromatic carbocycles. The highest BCUT2D eigenvalue weighted by atomic mass is 16.5. The van der Waals surface area contributed by atoms with E-state index in [1.807, 2.05) is 0 Å². The third-order valence-electron chi connectivity index (χ3n) is 3.20. The van der Waals surface area contributed by atoms with Crippen molar-refractivity contribution >= 4 is 17.5 Å². The van der Waals surface area contributed by atoms with E-state index in [2.05, 4.69) is 30.7 Å². The summed E-state index contributed by atoms with van der Waals surface area (Å²) in [7, 11) is 3.02. The molecule has 25 heavy (non-hydrogen) atoms. The Labute approximate surface area is 142 Å². The molecule has 0 spiro atoms. The fourth-order valence-electron chi connectivity index (χ4n) is 2.12. The second-order valence-electron chi connectivity index (χ2n) is 4.72. The third-order valence-corrected chi connectivity index (χ3v) is 3.20. The number of hydrogen-bond donors (Lipinski definition) is 2. The Morgan fingerprint density at radius 3 is 2.72 bits per heavy atom. The van der Waals surface area contributed by atoms with Crippen LogP contribution in [0.5, 0.6) is 11.5 Å². The molecule has 2 amide bonds. The molecule has 2 aromatic heterocycles. The first-order valence-electron chi connectivity index (χ1n) is 7.17. The molecule has 0 saturated heterocycles. The molecule has 0 fully saturated rings. The lowest BCUT2D eigenvalue weighted by Gasteiger charge is -2.13. The van der Waals surface area contributed by atoms with E-state index in [0.29, 0.717) is 28.8 Å². The number of nitrogens with zero attached hydrogens (tertiary/aromatic N) is 5. The highest BCUT2D eigenvalue weighted by Gasteiger charge is 2.13. The standard InChI is InChI=1S/C15H15N7O3/c1-24-11-5-3-4-10(14(11)25-2)20-15(23)21-12-6-13(18-8-17-12)22-9-16-7-19-22/h3-9H,1-2H3,(H2,17,18,20,21,23). The van der Waals surface area contributed by atoms with Gasteiger partial charge in [0.2, 0.25) is 0 Å². The van der Waals surface area contributed by atoms with Crippen LogP contribution in [-0.2, 0) is 0 Å². The minimum absolute atomic E-state index is 0.305. The number of para-hydroxylation sites is 1. The summed E-state index contributed by atoms with van der Waals surface area (Å²) in [4.78, 5) is 24.2. The molecule has 128 valence electrons. The van der Waals surface area contributed by atoms with E-state index in [0.717, 1.165) is 0 Å². The van der Waals surface area contributed by atoms with Gasteiger partial charge in [0.05, 0.1) is 19.9 Å². The van der Waals surface area contributed by atoms with Crippen molar-refractivity contribution in [3.8, 4) is 17.3 Å². The van der Waals surface area contributed by atoms with Gasteiger partial charge in [0.15, 0.2) is 17.3 Å². The second kappa shape index (κ2) is 7.25. The van der Waals surface area contributed by atoms with E-state index in [1.165, 1.54) is 37.9 Å². The number of carbonyl (C=O) groups is 1. The molecule has 0 unspecified atom stereocenters. The van der Waals surface area contributed by atoms with Gasteiger partial charge in [0.25, 0.3) is 0 Å². The summed E-state index contributed by atoms with van der Waals surface area (Å²) in [5, 5.41) is 9.28. The SMILES string of the molecule is COc1cccc(NC(=O)Nc2cc(-n3cncn3)ncn2)c1OC. The van der Waals surface area contributed by atoms with Crippen LogP contribution >= 0.6 is 0 Å². The number of ether oxygens (including phenoxy) is 2. The minimum Gasteiger partial charge on any atom is -0.493 e. The zero-order chi connectivity index (χ0) is 17.6. The van der Waals surface area contributed by atoms with Crippen LogP contribution in [0, 0.1) is 0 Å². The molecular formula is C15H15N7O3. The van der Waals surface area contributed by atoms with Crippen molar-refractivity contribution in [3.63, 3.8) is 0 Å². The van der Waals surface area contributed by atoms with Gasteiger partial charge >= 0.3 is 6.03 Å². The van der Waals surface area contributed by atoms with Gasteiger partial charge in [-0.15, -0.1) is 0 Å². The quantitative estimate of drug-likeness (QED) is 0.725. The van der Waals surface area contributed by atoms with Crippen LogP contribution in [0.25, 0.3) is 5.82 Å². The first-order chi connectivity index (χ1) is 12.2. The molecule has 10 nitrogen and oxygen atoms in total. The number of rotatable bonds is 5. The Morgan fingerprint density at radius 1 is 1.12 bits per heavy atom. The lowest BCUT2D eigenvalue weighted by molar-refractivity contribution is 0.262. The molecular weight excluding hydrogens is 326 g/mol. The predicted octanol–water partition coefficient (Wildman–Crippen LogP) is 1.72. The van der Waals surface area contributed by atoms with Crippen molar-refractivity contribution in [2.24, 2.45) is 0 Å². The van der Waals surface area contributed by atoms with Crippen LogP contribution < -0.4 is 20.1 Å². The van der Waals surface area contributed by atoms with Crippen molar-refractivity contribution in [1.29, 1.82) is 0 Å². The maximum absolute atomic E-state index is 12.2. The van der Waals surface area contributed by atoms with E-state index in [9.17, 15) is 4.79 Å². The van der Waals surface area contributed by atoms with Crippen molar-refractivity contribution in [1.82, 2.24) is 24.7 Å². The fraction of sp³-hybridized carbons (Fsp3) is 0.133. The highest BCUT2D eigenvalue weighted by molar-refractivity contribution is 6.00. The maximum Gasteiger partial charge on any atom is 0.324 e. The molecule has 0 bridgehead atoms. The van der Waals surface area contributed by atoms with Crippen molar-refractivity contribution in [2.75, 3.05) is 24.9 Å². The summed E-state index contributed by atoms with van der Waals surface area (Å²) in [5.41, 5.74) is 0.463. The van der Waals surface area contributed by atoms with Gasteiger partial charge in [-0.05, 0) is 12.1 Å². The molecule has 3 rings (SSSR count). The number of carbonyl (C=O) groups excluding carboxylic acids is 1. The first-order valence-corrected chi connectivity index (χ1v) is 7.17. The van der Waals surface area contributed by atoms with Gasteiger partial charge in [-0.1, -0.05) is 6.07 Å². The minimum atomic E-state index is -0.491. The lowest BCUT2D eigenvalue weighted by atomic mass is 10.2. The Kier molecular flexibility index (Phi) is 4.69. The van der Waals surface area contributed by atoms with E-state index in [1.54, 1.807) is 24.3 Å². The topological polar surface area (TPSA) is 116 Å². The highest BCUT2D eigenvalue weighted by Crippen LogP contribution is 2.34. The van der Waals surface area contributed by atoms with Crippen LogP contribution in [0.1, 0.15) is 0 Å². The van der Waals surface area contributed by atoms with Crippen LogP contribution in [0.3, 0.4) is 0 Å². The molecule has 2 heterocycles. The summed E-state index contributed by atoms with van der Waals surface area (Å²) in [6.45, 7) is 0. The van der Waals surface area contributed by atoms with Gasteiger partial charge in [-0.3, -0.25) is 5.32 Å². The number of hydrogen-bond acceptors (Lipinski definition) is 7. The fourth-order valence-corrected chi connectivity index (χ4v) is 2.12. The van der Waals surface area contributed by atoms with Gasteiger partial charge in [-0.25, -0.2) is 24.4 Å². The summed E-state index contributed by atoms with van der Waals surface area (Å²) < 4.78 is 11.9. The molecule has 0 aliphatic rings. The zero-order valence-corrected chi connectivity index (χ0v) is 13.5. The average Bonchev–Trinajstić information content (AvgIpc) is 3.16. The Balaban J connectivity index is 1.74. The number of nitrogens with one attached hydrogen (secondary N) is 2. The predicted molar refractivity (Wildman–Crippen MR) is 89.1 cm³/mol. The smallest absolute Gasteiger partial charge is 0.324 e. The van der Waals surface area contributed by atoms with Crippen LogP contribution in [0.15, 0.2) is 43.2 Å². The molecule has 3 aromatic rings. The van der Waals surface area contributed by atoms with Crippen molar-refractivity contribution in [2.45, 2.75) is 0 Å². The molecule has 10 heteroatoms. The first kappa shape index (κ1) is 16.2. The maximum atomic E-state index is 12.2. The molecule has 0 aliphatic heterocycles. The monoisotopic (exact) mass is 341 g/mol. The molecule has 0 radical (unpaired) electrons. The van der Waals surface area contributed by atoms with E-state index >= 15 is 0 Å². The molecule has 2 N–H and O–H groups in total. The van der Waals surface area contributed by atoms with Crippen molar-refractivity contribution in [3.05, 3.63) is 43.2 Å². The van der Waals surface area contributed by atoms with Gasteiger partial charge in [0, 0.05) is 6.07 Å². The van der Waals surface area contributed by atoms with Crippen molar-refractivity contribution < 1.29 is 14.3 Å². The van der Waals surface area contributed by atoms with E-state index in [-0.39, 0.29) is 0 Å². The van der Waals surface area contributed by atoms with Crippen LogP contribution in [0.2, 0.25) is 0 Å². The number of urea groups is 1. The second-order valence-corrected chi connectivity index (χ2v) is 4.72. The lowest BCUT2D eigenvalue weighted by Crippen LogP contribution is -2.21. The Hall–Kier alpha value is -3.69.